The van der Waals surface area contributed by atoms with Crippen molar-refractivity contribution in [3.05, 3.63) is 72.7 Å². The summed E-state index contributed by atoms with van der Waals surface area (Å²) in [6, 6.07) is 16.9. The van der Waals surface area contributed by atoms with Crippen LogP contribution in [-0.2, 0) is 7.05 Å². The minimum Gasteiger partial charge on any atom is -0.455 e. The van der Waals surface area contributed by atoms with Crippen molar-refractivity contribution in [3.8, 4) is 11.3 Å². The van der Waals surface area contributed by atoms with Gasteiger partial charge in [0.15, 0.2) is 6.20 Å². The number of rotatable bonds is 1. The van der Waals surface area contributed by atoms with Crippen LogP contribution in [0.4, 0.5) is 0 Å². The molecule has 0 bridgehead atoms. The van der Waals surface area contributed by atoms with E-state index in [1.54, 1.807) is 0 Å². The van der Waals surface area contributed by atoms with Gasteiger partial charge >= 0.3 is 0 Å². The first kappa shape index (κ1) is 14.2. The molecular formula is C22H17N2O+. The minimum absolute atomic E-state index is 0.916. The van der Waals surface area contributed by atoms with Crippen LogP contribution in [0.1, 0.15) is 5.56 Å². The van der Waals surface area contributed by atoms with Gasteiger partial charge in [-0.25, -0.2) is 4.57 Å². The summed E-state index contributed by atoms with van der Waals surface area (Å²) in [5, 5.41) is 4.55. The molecule has 25 heavy (non-hydrogen) atoms. The van der Waals surface area contributed by atoms with Crippen LogP contribution >= 0.6 is 0 Å². The second kappa shape index (κ2) is 5.15. The monoisotopic (exact) mass is 325 g/mol. The van der Waals surface area contributed by atoms with Gasteiger partial charge in [0.25, 0.3) is 0 Å². The van der Waals surface area contributed by atoms with Crippen molar-refractivity contribution in [2.24, 2.45) is 7.05 Å². The predicted octanol–water partition coefficient (Wildman–Crippen LogP) is 4.93. The zero-order chi connectivity index (χ0) is 17.0. The number of fused-ring (bicyclic) bond motifs is 4. The van der Waals surface area contributed by atoms with Gasteiger partial charge in [0.05, 0.1) is 5.56 Å². The van der Waals surface area contributed by atoms with E-state index in [-0.39, 0.29) is 0 Å². The van der Waals surface area contributed by atoms with E-state index in [2.05, 4.69) is 66.1 Å². The fourth-order valence-electron chi connectivity index (χ4n) is 3.62. The van der Waals surface area contributed by atoms with Gasteiger partial charge in [-0.15, -0.1) is 0 Å². The summed E-state index contributed by atoms with van der Waals surface area (Å²) < 4.78 is 8.48. The number of nitrogens with zero attached hydrogens (tertiary/aromatic N) is 2. The number of pyridine rings is 2. The number of hydrogen-bond donors (Lipinski definition) is 0. The van der Waals surface area contributed by atoms with Gasteiger partial charge in [-0.05, 0) is 42.1 Å². The average Bonchev–Trinajstić information content (AvgIpc) is 2.98. The third kappa shape index (κ3) is 2.06. The lowest BCUT2D eigenvalue weighted by molar-refractivity contribution is -0.660. The van der Waals surface area contributed by atoms with E-state index in [0.717, 1.165) is 44.0 Å². The number of aromatic nitrogens is 2. The van der Waals surface area contributed by atoms with E-state index in [9.17, 15) is 0 Å². The molecule has 0 aliphatic carbocycles. The molecule has 0 unspecified atom stereocenters. The summed E-state index contributed by atoms with van der Waals surface area (Å²) in [6.45, 7) is 2.13. The molecule has 5 aromatic rings. The highest BCUT2D eigenvalue weighted by atomic mass is 16.3. The van der Waals surface area contributed by atoms with Crippen molar-refractivity contribution < 1.29 is 8.98 Å². The minimum atomic E-state index is 0.916. The summed E-state index contributed by atoms with van der Waals surface area (Å²) >= 11 is 0. The van der Waals surface area contributed by atoms with Crippen LogP contribution in [0.15, 0.2) is 71.5 Å². The van der Waals surface area contributed by atoms with Crippen LogP contribution in [0.2, 0.25) is 0 Å². The highest BCUT2D eigenvalue weighted by Gasteiger charge is 2.20. The number of aryl methyl sites for hydroxylation is 2. The zero-order valence-electron chi connectivity index (χ0n) is 14.2. The maximum absolute atomic E-state index is 6.35. The van der Waals surface area contributed by atoms with Crippen LogP contribution in [0.25, 0.3) is 44.0 Å². The molecule has 2 aromatic carbocycles. The molecular weight excluding hydrogens is 308 g/mol. The topological polar surface area (TPSA) is 29.9 Å². The maximum Gasteiger partial charge on any atom is 0.216 e. The van der Waals surface area contributed by atoms with Crippen molar-refractivity contribution in [3.63, 3.8) is 0 Å². The molecule has 0 aliphatic heterocycles. The lowest BCUT2D eigenvalue weighted by Crippen LogP contribution is -2.30. The molecule has 3 aromatic heterocycles. The zero-order valence-corrected chi connectivity index (χ0v) is 14.2. The van der Waals surface area contributed by atoms with Crippen LogP contribution in [0, 0.1) is 6.92 Å². The Hall–Kier alpha value is -3.20. The largest absolute Gasteiger partial charge is 0.455 e. The molecule has 3 heteroatoms. The summed E-state index contributed by atoms with van der Waals surface area (Å²) in [5.41, 5.74) is 5.37. The highest BCUT2D eigenvalue weighted by molar-refractivity contribution is 6.13. The second-order valence-corrected chi connectivity index (χ2v) is 6.50. The SMILES string of the molecule is Cc1ccc2c(oc3cc4ccncc4cc32)c1-c1cccc[n+]1C. The van der Waals surface area contributed by atoms with Crippen LogP contribution in [0.3, 0.4) is 0 Å². The first-order valence-corrected chi connectivity index (χ1v) is 8.37. The summed E-state index contributed by atoms with van der Waals surface area (Å²) in [4.78, 5) is 4.24. The highest BCUT2D eigenvalue weighted by Crippen LogP contribution is 2.38. The van der Waals surface area contributed by atoms with Gasteiger partial charge in [0.1, 0.15) is 18.2 Å². The third-order valence-electron chi connectivity index (χ3n) is 4.92. The van der Waals surface area contributed by atoms with Crippen LogP contribution < -0.4 is 4.57 Å². The van der Waals surface area contributed by atoms with E-state index >= 15 is 0 Å². The van der Waals surface area contributed by atoms with Crippen LogP contribution in [0.5, 0.6) is 0 Å². The predicted molar refractivity (Wildman–Crippen MR) is 100 cm³/mol. The quantitative estimate of drug-likeness (QED) is 0.409. The molecule has 0 fully saturated rings. The number of hydrogen-bond acceptors (Lipinski definition) is 2. The second-order valence-electron chi connectivity index (χ2n) is 6.50. The van der Waals surface area contributed by atoms with Gasteiger partial charge in [0.2, 0.25) is 5.69 Å². The Labute approximate surface area is 145 Å². The standard InChI is InChI=1S/C22H17N2O/c1-14-6-7-17-18-11-16-13-23-9-8-15(16)12-20(18)25-22(17)21(14)19-5-3-4-10-24(19)2/h3-13H,1-2H3/q+1. The average molecular weight is 325 g/mol. The number of benzene rings is 2. The fraction of sp³-hybridized carbons (Fsp3) is 0.0909. The lowest BCUT2D eigenvalue weighted by Gasteiger charge is -2.04. The Morgan fingerprint density at radius 1 is 0.960 bits per heavy atom. The Bertz CT molecular complexity index is 1270. The Kier molecular flexibility index (Phi) is 2.92. The molecule has 120 valence electrons. The first-order valence-electron chi connectivity index (χ1n) is 8.37. The molecule has 5 rings (SSSR count). The normalized spacial score (nSPS) is 11.6. The van der Waals surface area contributed by atoms with E-state index in [1.165, 1.54) is 5.56 Å². The van der Waals surface area contributed by atoms with E-state index in [4.69, 9.17) is 4.42 Å². The summed E-state index contributed by atoms with van der Waals surface area (Å²) in [5.74, 6) is 0. The lowest BCUT2D eigenvalue weighted by atomic mass is 10.00. The van der Waals surface area contributed by atoms with Crippen molar-refractivity contribution in [1.82, 2.24) is 4.98 Å². The molecule has 0 saturated heterocycles. The summed E-state index contributed by atoms with van der Waals surface area (Å²) in [6.07, 6.45) is 5.78. The van der Waals surface area contributed by atoms with Crippen LogP contribution in [-0.4, -0.2) is 4.98 Å². The van der Waals surface area contributed by atoms with Gasteiger partial charge in [-0.1, -0.05) is 12.1 Å². The molecule has 3 heterocycles. The first-order chi connectivity index (χ1) is 12.2. The number of furan rings is 1. The smallest absolute Gasteiger partial charge is 0.216 e. The van der Waals surface area contributed by atoms with Crippen molar-refractivity contribution in [2.45, 2.75) is 6.92 Å². The van der Waals surface area contributed by atoms with Gasteiger partial charge < -0.3 is 4.42 Å². The van der Waals surface area contributed by atoms with E-state index in [1.807, 2.05) is 24.5 Å². The maximum atomic E-state index is 6.35. The molecule has 0 atom stereocenters. The molecule has 0 amide bonds. The van der Waals surface area contributed by atoms with Gasteiger partial charge in [-0.2, -0.15) is 0 Å². The molecule has 0 N–H and O–H groups in total. The van der Waals surface area contributed by atoms with Crippen molar-refractivity contribution in [1.29, 1.82) is 0 Å². The Morgan fingerprint density at radius 3 is 2.76 bits per heavy atom. The van der Waals surface area contributed by atoms with Gasteiger partial charge in [0, 0.05) is 40.7 Å². The molecule has 0 aliphatic rings. The van der Waals surface area contributed by atoms with Crippen molar-refractivity contribution in [2.75, 3.05) is 0 Å². The van der Waals surface area contributed by atoms with E-state index < -0.39 is 0 Å². The Morgan fingerprint density at radius 2 is 1.88 bits per heavy atom. The fourth-order valence-corrected chi connectivity index (χ4v) is 3.62. The summed E-state index contributed by atoms with van der Waals surface area (Å²) in [7, 11) is 2.07. The molecule has 3 nitrogen and oxygen atoms in total. The molecule has 0 radical (unpaired) electrons. The van der Waals surface area contributed by atoms with E-state index in [0.29, 0.717) is 0 Å². The third-order valence-corrected chi connectivity index (χ3v) is 4.92. The Balaban J connectivity index is 1.94. The van der Waals surface area contributed by atoms with Gasteiger partial charge in [-0.3, -0.25) is 4.98 Å². The molecule has 0 saturated carbocycles. The molecule has 0 spiro atoms. The van der Waals surface area contributed by atoms with Crippen molar-refractivity contribution >= 4 is 32.7 Å².